The van der Waals surface area contributed by atoms with Crippen LogP contribution in [0.4, 0.5) is 0 Å². The average molecular weight is 260 g/mol. The molecule has 5 nitrogen and oxygen atoms in total. The number of sulfone groups is 1. The second-order valence-corrected chi connectivity index (χ2v) is 5.66. The number of hydrogen-bond donors (Lipinski definition) is 0. The molecule has 1 unspecified atom stereocenters. The lowest BCUT2D eigenvalue weighted by atomic mass is 10.3. The minimum atomic E-state index is -3.59. The van der Waals surface area contributed by atoms with Gasteiger partial charge in [-0.2, -0.15) is 10.4 Å². The van der Waals surface area contributed by atoms with Crippen molar-refractivity contribution in [2.75, 3.05) is 11.6 Å². The van der Waals surface area contributed by atoms with E-state index >= 15 is 0 Å². The zero-order valence-corrected chi connectivity index (χ0v) is 10.2. The third-order valence-corrected chi connectivity index (χ3v) is 4.29. The third kappa shape index (κ3) is 2.90. The van der Waals surface area contributed by atoms with Crippen LogP contribution in [-0.4, -0.2) is 30.2 Å². The van der Waals surface area contributed by atoms with Crippen molar-refractivity contribution in [1.82, 2.24) is 10.2 Å². The van der Waals surface area contributed by atoms with Crippen LogP contribution in [0, 0.1) is 17.2 Å². The Morgan fingerprint density at radius 2 is 2.31 bits per heavy atom. The van der Waals surface area contributed by atoms with Crippen molar-refractivity contribution in [3.63, 3.8) is 0 Å². The fraction of sp³-hybridized carbons (Fsp3) is 0.444. The van der Waals surface area contributed by atoms with Gasteiger partial charge in [0.25, 0.3) is 0 Å². The van der Waals surface area contributed by atoms with Crippen LogP contribution in [0.25, 0.3) is 0 Å². The normalized spacial score (nSPS) is 13.1. The van der Waals surface area contributed by atoms with Crippen molar-refractivity contribution < 1.29 is 8.42 Å². The van der Waals surface area contributed by atoms with Crippen LogP contribution in [-0.2, 0) is 9.84 Å². The molecular formula is C9H10ClN3O2S. The van der Waals surface area contributed by atoms with E-state index in [4.69, 9.17) is 16.9 Å². The molecule has 1 heterocycles. The summed E-state index contributed by atoms with van der Waals surface area (Å²) in [5.41, 5.74) is 0.0109. The van der Waals surface area contributed by atoms with Crippen molar-refractivity contribution in [1.29, 1.82) is 5.26 Å². The van der Waals surface area contributed by atoms with Gasteiger partial charge in [-0.05, 0) is 12.0 Å². The Labute approximate surface area is 99.0 Å². The van der Waals surface area contributed by atoms with E-state index in [1.54, 1.807) is 13.0 Å². The highest BCUT2D eigenvalue weighted by atomic mass is 35.5. The van der Waals surface area contributed by atoms with Crippen LogP contribution >= 0.6 is 11.6 Å². The minimum absolute atomic E-state index is 0.0109. The Morgan fingerprint density at radius 1 is 1.62 bits per heavy atom. The fourth-order valence-electron chi connectivity index (χ4n) is 1.13. The van der Waals surface area contributed by atoms with Gasteiger partial charge in [0.2, 0.25) is 0 Å². The lowest BCUT2D eigenvalue weighted by molar-refractivity contribution is 0.577. The van der Waals surface area contributed by atoms with Gasteiger partial charge in [-0.3, -0.25) is 0 Å². The van der Waals surface area contributed by atoms with E-state index in [-0.39, 0.29) is 28.1 Å². The molecule has 7 heteroatoms. The molecule has 0 aliphatic rings. The van der Waals surface area contributed by atoms with E-state index in [1.807, 2.05) is 0 Å². The van der Waals surface area contributed by atoms with Gasteiger partial charge in [0.05, 0.1) is 17.5 Å². The van der Waals surface area contributed by atoms with Gasteiger partial charge in [0, 0.05) is 5.88 Å². The first-order valence-electron chi connectivity index (χ1n) is 4.51. The zero-order chi connectivity index (χ0) is 12.2. The summed E-state index contributed by atoms with van der Waals surface area (Å²) in [5, 5.41) is 15.5. The molecule has 0 saturated heterocycles. The molecule has 0 fully saturated rings. The molecule has 0 spiro atoms. The van der Waals surface area contributed by atoms with Gasteiger partial charge in [0.15, 0.2) is 14.9 Å². The Balaban J connectivity index is 3.13. The summed E-state index contributed by atoms with van der Waals surface area (Å²) in [6, 6.07) is 3.10. The first-order valence-corrected chi connectivity index (χ1v) is 6.70. The number of nitrogens with zero attached hydrogens (tertiary/aromatic N) is 3. The van der Waals surface area contributed by atoms with Crippen molar-refractivity contribution in [3.8, 4) is 6.07 Å². The molecular weight excluding hydrogens is 250 g/mol. The Morgan fingerprint density at radius 3 is 2.88 bits per heavy atom. The maximum Gasteiger partial charge on any atom is 0.199 e. The summed E-state index contributed by atoms with van der Waals surface area (Å²) in [5.74, 6) is -0.0918. The summed E-state index contributed by atoms with van der Waals surface area (Å²) < 4.78 is 23.7. The predicted octanol–water partition coefficient (Wildman–Crippen LogP) is 0.997. The van der Waals surface area contributed by atoms with Crippen molar-refractivity contribution in [3.05, 3.63) is 17.8 Å². The van der Waals surface area contributed by atoms with E-state index < -0.39 is 9.84 Å². The highest BCUT2D eigenvalue weighted by Gasteiger charge is 2.23. The summed E-state index contributed by atoms with van der Waals surface area (Å²) in [6.07, 6.45) is 1.28. The number of alkyl halides is 1. The summed E-state index contributed by atoms with van der Waals surface area (Å²) in [7, 11) is -3.59. The zero-order valence-electron chi connectivity index (χ0n) is 8.59. The van der Waals surface area contributed by atoms with Crippen LogP contribution in [0.1, 0.15) is 12.5 Å². The number of hydrogen-bond acceptors (Lipinski definition) is 5. The van der Waals surface area contributed by atoms with Crippen molar-refractivity contribution in [2.24, 2.45) is 5.92 Å². The molecule has 1 aromatic heterocycles. The monoisotopic (exact) mass is 259 g/mol. The van der Waals surface area contributed by atoms with Crippen LogP contribution in [0.15, 0.2) is 17.3 Å². The summed E-state index contributed by atoms with van der Waals surface area (Å²) in [4.78, 5) is 0. The van der Waals surface area contributed by atoms with Crippen LogP contribution < -0.4 is 0 Å². The average Bonchev–Trinajstić information content (AvgIpc) is 2.28. The molecule has 0 aliphatic carbocycles. The van der Waals surface area contributed by atoms with Gasteiger partial charge in [-0.1, -0.05) is 6.92 Å². The summed E-state index contributed by atoms with van der Waals surface area (Å²) in [6.45, 7) is 1.72. The summed E-state index contributed by atoms with van der Waals surface area (Å²) >= 11 is 5.55. The molecule has 0 bridgehead atoms. The first-order chi connectivity index (χ1) is 7.51. The third-order valence-electron chi connectivity index (χ3n) is 1.87. The Bertz CT molecular complexity index is 510. The van der Waals surface area contributed by atoms with Gasteiger partial charge in [-0.25, -0.2) is 8.42 Å². The van der Waals surface area contributed by atoms with Crippen LogP contribution in [0.3, 0.4) is 0 Å². The van der Waals surface area contributed by atoms with Gasteiger partial charge >= 0.3 is 0 Å². The van der Waals surface area contributed by atoms with Crippen molar-refractivity contribution in [2.45, 2.75) is 11.9 Å². The molecule has 1 rings (SSSR count). The molecule has 1 aromatic rings. The minimum Gasteiger partial charge on any atom is -0.222 e. The lowest BCUT2D eigenvalue weighted by Gasteiger charge is -2.08. The number of halogens is 1. The molecule has 0 radical (unpaired) electrons. The van der Waals surface area contributed by atoms with Gasteiger partial charge < -0.3 is 0 Å². The highest BCUT2D eigenvalue weighted by molar-refractivity contribution is 7.91. The molecule has 0 aromatic carbocycles. The highest BCUT2D eigenvalue weighted by Crippen LogP contribution is 2.15. The lowest BCUT2D eigenvalue weighted by Crippen LogP contribution is -2.17. The largest absolute Gasteiger partial charge is 0.222 e. The quantitative estimate of drug-likeness (QED) is 0.753. The van der Waals surface area contributed by atoms with E-state index in [1.165, 1.54) is 12.3 Å². The molecule has 16 heavy (non-hydrogen) atoms. The van der Waals surface area contributed by atoms with Crippen LogP contribution in [0.2, 0.25) is 0 Å². The smallest absolute Gasteiger partial charge is 0.199 e. The first kappa shape index (κ1) is 12.9. The van der Waals surface area contributed by atoms with E-state index in [2.05, 4.69) is 10.2 Å². The van der Waals surface area contributed by atoms with E-state index in [0.29, 0.717) is 0 Å². The van der Waals surface area contributed by atoms with Gasteiger partial charge in [-0.15, -0.1) is 16.7 Å². The topological polar surface area (TPSA) is 83.7 Å². The molecule has 0 N–H and O–H groups in total. The maximum absolute atomic E-state index is 11.9. The number of rotatable bonds is 4. The SMILES string of the molecule is CC(CCl)CS(=O)(=O)c1nnccc1C#N. The van der Waals surface area contributed by atoms with Gasteiger partial charge in [0.1, 0.15) is 6.07 Å². The molecule has 1 atom stereocenters. The second-order valence-electron chi connectivity index (χ2n) is 3.40. The number of nitriles is 1. The standard InChI is InChI=1S/C9H10ClN3O2S/c1-7(4-10)6-16(14,15)9-8(5-11)2-3-12-13-9/h2-3,7H,4,6H2,1H3. The number of aromatic nitrogens is 2. The molecule has 0 amide bonds. The maximum atomic E-state index is 11.9. The molecule has 86 valence electrons. The second kappa shape index (κ2) is 5.23. The Kier molecular flexibility index (Phi) is 4.21. The fourth-order valence-corrected chi connectivity index (χ4v) is 3.02. The van der Waals surface area contributed by atoms with E-state index in [0.717, 1.165) is 0 Å². The Hall–Kier alpha value is -1.19. The molecule has 0 saturated carbocycles. The van der Waals surface area contributed by atoms with Crippen molar-refractivity contribution >= 4 is 21.4 Å². The van der Waals surface area contributed by atoms with Crippen LogP contribution in [0.5, 0.6) is 0 Å². The molecule has 0 aliphatic heterocycles. The predicted molar refractivity (Wildman–Crippen MR) is 58.7 cm³/mol. The van der Waals surface area contributed by atoms with E-state index in [9.17, 15) is 8.42 Å².